The van der Waals surface area contributed by atoms with E-state index in [-0.39, 0.29) is 30.3 Å². The Kier molecular flexibility index (Phi) is 6.17. The molecule has 0 saturated heterocycles. The number of benzene rings is 2. The Morgan fingerprint density at radius 2 is 1.92 bits per heavy atom. The molecule has 0 saturated carbocycles. The van der Waals surface area contributed by atoms with Gasteiger partial charge in [-0.3, -0.25) is 9.59 Å². The molecule has 0 aromatic heterocycles. The van der Waals surface area contributed by atoms with Crippen molar-refractivity contribution in [2.45, 2.75) is 19.4 Å². The van der Waals surface area contributed by atoms with Crippen LogP contribution in [-0.4, -0.2) is 24.9 Å². The summed E-state index contributed by atoms with van der Waals surface area (Å²) in [6, 6.07) is 14.9. The van der Waals surface area contributed by atoms with Crippen molar-refractivity contribution in [1.82, 2.24) is 5.32 Å². The normalized spacial score (nSPS) is 13.6. The molecule has 2 aromatic rings. The Hall–Kier alpha value is -2.37. The number of hydrogen-bond donors (Lipinski definition) is 2. The molecular weight excluding hydrogens is 338 g/mol. The minimum absolute atomic E-state index is 0. The molecule has 0 spiro atoms. The van der Waals surface area contributed by atoms with Crippen LogP contribution in [0.2, 0.25) is 0 Å². The molecule has 25 heavy (non-hydrogen) atoms. The second kappa shape index (κ2) is 8.14. The van der Waals surface area contributed by atoms with Crippen LogP contribution in [-0.2, 0) is 11.2 Å². The van der Waals surface area contributed by atoms with Gasteiger partial charge in [-0.15, -0.1) is 12.4 Å². The van der Waals surface area contributed by atoms with Crippen molar-refractivity contribution in [3.8, 4) is 0 Å². The summed E-state index contributed by atoms with van der Waals surface area (Å²) in [7, 11) is 0. The van der Waals surface area contributed by atoms with Crippen molar-refractivity contribution in [3.63, 3.8) is 0 Å². The standard InChI is InChI=1S/C19H21N3O2.ClH/c1-13(23)22-10-9-15-11-16(7-8-18(15)22)19(24)21-12-17(20)14-5-3-2-4-6-14;/h2-8,11,17H,9-10,12,20H2,1H3,(H,21,24);1H. The summed E-state index contributed by atoms with van der Waals surface area (Å²) < 4.78 is 0. The van der Waals surface area contributed by atoms with E-state index in [0.29, 0.717) is 18.7 Å². The number of halogens is 1. The molecule has 6 heteroatoms. The van der Waals surface area contributed by atoms with Gasteiger partial charge in [0.2, 0.25) is 5.91 Å². The highest BCUT2D eigenvalue weighted by Gasteiger charge is 2.23. The number of amides is 2. The van der Waals surface area contributed by atoms with Crippen LogP contribution in [0.25, 0.3) is 0 Å². The van der Waals surface area contributed by atoms with Crippen LogP contribution in [0, 0.1) is 0 Å². The number of nitrogens with zero attached hydrogens (tertiary/aromatic N) is 1. The van der Waals surface area contributed by atoms with Gasteiger partial charge in [-0.1, -0.05) is 30.3 Å². The molecule has 0 aliphatic carbocycles. The summed E-state index contributed by atoms with van der Waals surface area (Å²) in [5.74, 6) is -0.120. The van der Waals surface area contributed by atoms with Gasteiger partial charge in [0, 0.05) is 37.3 Å². The average molecular weight is 360 g/mol. The minimum atomic E-state index is -0.238. The molecule has 1 atom stereocenters. The Morgan fingerprint density at radius 3 is 2.60 bits per heavy atom. The largest absolute Gasteiger partial charge is 0.350 e. The second-order valence-electron chi connectivity index (χ2n) is 5.99. The summed E-state index contributed by atoms with van der Waals surface area (Å²) in [5, 5.41) is 2.88. The van der Waals surface area contributed by atoms with Gasteiger partial charge in [-0.2, -0.15) is 0 Å². The molecule has 0 radical (unpaired) electrons. The third kappa shape index (κ3) is 4.18. The maximum absolute atomic E-state index is 12.3. The van der Waals surface area contributed by atoms with Crippen molar-refractivity contribution in [3.05, 3.63) is 65.2 Å². The molecule has 3 N–H and O–H groups in total. The van der Waals surface area contributed by atoms with Crippen molar-refractivity contribution in [1.29, 1.82) is 0 Å². The van der Waals surface area contributed by atoms with Crippen LogP contribution in [0.15, 0.2) is 48.5 Å². The van der Waals surface area contributed by atoms with Crippen molar-refractivity contribution < 1.29 is 9.59 Å². The average Bonchev–Trinajstić information content (AvgIpc) is 3.03. The summed E-state index contributed by atoms with van der Waals surface area (Å²) in [6.07, 6.45) is 0.777. The van der Waals surface area contributed by atoms with E-state index >= 15 is 0 Å². The minimum Gasteiger partial charge on any atom is -0.350 e. The number of nitrogens with two attached hydrogens (primary N) is 1. The fourth-order valence-corrected chi connectivity index (χ4v) is 2.99. The fraction of sp³-hybridized carbons (Fsp3) is 0.263. The third-order valence-corrected chi connectivity index (χ3v) is 4.33. The molecule has 1 aliphatic rings. The Morgan fingerprint density at radius 1 is 1.20 bits per heavy atom. The van der Waals surface area contributed by atoms with E-state index in [2.05, 4.69) is 5.32 Å². The molecule has 2 amide bonds. The van der Waals surface area contributed by atoms with Crippen LogP contribution in [0.3, 0.4) is 0 Å². The molecule has 5 nitrogen and oxygen atoms in total. The van der Waals surface area contributed by atoms with E-state index in [1.165, 1.54) is 0 Å². The van der Waals surface area contributed by atoms with Gasteiger partial charge in [0.05, 0.1) is 0 Å². The van der Waals surface area contributed by atoms with E-state index in [4.69, 9.17) is 5.73 Å². The zero-order valence-corrected chi connectivity index (χ0v) is 14.9. The first-order valence-corrected chi connectivity index (χ1v) is 8.06. The second-order valence-corrected chi connectivity index (χ2v) is 5.99. The number of carbonyl (C=O) groups is 2. The van der Waals surface area contributed by atoms with Crippen molar-refractivity contribution in [2.24, 2.45) is 5.73 Å². The number of anilines is 1. The predicted molar refractivity (Wildman–Crippen MR) is 101 cm³/mol. The molecule has 1 heterocycles. The summed E-state index contributed by atoms with van der Waals surface area (Å²) >= 11 is 0. The molecule has 0 fully saturated rings. The lowest BCUT2D eigenvalue weighted by atomic mass is 10.1. The lowest BCUT2D eigenvalue weighted by Crippen LogP contribution is -2.32. The summed E-state index contributed by atoms with van der Waals surface area (Å²) in [4.78, 5) is 25.7. The first kappa shape index (κ1) is 19.0. The van der Waals surface area contributed by atoms with Crippen LogP contribution >= 0.6 is 12.4 Å². The van der Waals surface area contributed by atoms with Crippen molar-refractivity contribution >= 4 is 29.9 Å². The van der Waals surface area contributed by atoms with E-state index in [1.54, 1.807) is 17.9 Å². The van der Waals surface area contributed by atoms with E-state index < -0.39 is 0 Å². The van der Waals surface area contributed by atoms with E-state index in [9.17, 15) is 9.59 Å². The first-order chi connectivity index (χ1) is 11.6. The smallest absolute Gasteiger partial charge is 0.251 e. The molecule has 132 valence electrons. The SMILES string of the molecule is CC(=O)N1CCc2cc(C(=O)NCC(N)c3ccccc3)ccc21.Cl. The third-order valence-electron chi connectivity index (χ3n) is 4.33. The zero-order valence-electron chi connectivity index (χ0n) is 14.1. The highest BCUT2D eigenvalue weighted by Crippen LogP contribution is 2.28. The van der Waals surface area contributed by atoms with Crippen LogP contribution in [0.5, 0.6) is 0 Å². The zero-order chi connectivity index (χ0) is 17.1. The summed E-state index contributed by atoms with van der Waals surface area (Å²) in [6.45, 7) is 2.61. The van der Waals surface area contributed by atoms with Crippen LogP contribution in [0.4, 0.5) is 5.69 Å². The van der Waals surface area contributed by atoms with Gasteiger partial charge in [0.1, 0.15) is 0 Å². The Balaban J connectivity index is 0.00000225. The van der Waals surface area contributed by atoms with Gasteiger partial charge in [-0.05, 0) is 35.7 Å². The van der Waals surface area contributed by atoms with Gasteiger partial charge in [-0.25, -0.2) is 0 Å². The highest BCUT2D eigenvalue weighted by molar-refractivity contribution is 5.97. The molecule has 1 aliphatic heterocycles. The fourth-order valence-electron chi connectivity index (χ4n) is 2.99. The molecule has 1 unspecified atom stereocenters. The molecular formula is C19H22ClN3O2. The lowest BCUT2D eigenvalue weighted by Gasteiger charge is -2.15. The topological polar surface area (TPSA) is 75.4 Å². The van der Waals surface area contributed by atoms with Crippen molar-refractivity contribution in [2.75, 3.05) is 18.0 Å². The molecule has 3 rings (SSSR count). The summed E-state index contributed by atoms with van der Waals surface area (Å²) in [5.41, 5.74) is 9.63. The first-order valence-electron chi connectivity index (χ1n) is 8.06. The van der Waals surface area contributed by atoms with Gasteiger partial charge >= 0.3 is 0 Å². The van der Waals surface area contributed by atoms with Crippen LogP contribution in [0.1, 0.15) is 34.5 Å². The Bertz CT molecular complexity index is 765. The van der Waals surface area contributed by atoms with Gasteiger partial charge in [0.15, 0.2) is 0 Å². The quantitative estimate of drug-likeness (QED) is 0.880. The maximum Gasteiger partial charge on any atom is 0.251 e. The molecule has 2 aromatic carbocycles. The number of carbonyl (C=O) groups excluding carboxylic acids is 2. The number of hydrogen-bond acceptors (Lipinski definition) is 3. The lowest BCUT2D eigenvalue weighted by molar-refractivity contribution is -0.116. The maximum atomic E-state index is 12.3. The number of fused-ring (bicyclic) bond motifs is 1. The number of nitrogens with one attached hydrogen (secondary N) is 1. The van der Waals surface area contributed by atoms with E-state index in [1.807, 2.05) is 42.5 Å². The number of rotatable bonds is 4. The van der Waals surface area contributed by atoms with Gasteiger partial charge in [0.25, 0.3) is 5.91 Å². The van der Waals surface area contributed by atoms with Crippen LogP contribution < -0.4 is 16.0 Å². The van der Waals surface area contributed by atoms with Gasteiger partial charge < -0.3 is 16.0 Å². The molecule has 0 bridgehead atoms. The Labute approximate surface area is 153 Å². The predicted octanol–water partition coefficient (Wildman–Crippen LogP) is 2.45. The van der Waals surface area contributed by atoms with E-state index in [0.717, 1.165) is 23.2 Å². The highest BCUT2D eigenvalue weighted by atomic mass is 35.5. The monoisotopic (exact) mass is 359 g/mol.